The van der Waals surface area contributed by atoms with Gasteiger partial charge < -0.3 is 9.47 Å². The molecule has 8 nitrogen and oxygen atoms in total. The summed E-state index contributed by atoms with van der Waals surface area (Å²) >= 11 is 0. The van der Waals surface area contributed by atoms with Crippen molar-refractivity contribution in [3.8, 4) is 0 Å². The van der Waals surface area contributed by atoms with Gasteiger partial charge >= 0.3 is 0 Å². The van der Waals surface area contributed by atoms with Gasteiger partial charge in [-0.15, -0.1) is 0 Å². The number of imidazole rings is 1. The number of anilines is 1. The van der Waals surface area contributed by atoms with Crippen molar-refractivity contribution < 1.29 is 8.42 Å². The second-order valence-electron chi connectivity index (χ2n) is 8.49. The van der Waals surface area contributed by atoms with Crippen LogP contribution in [-0.4, -0.2) is 57.4 Å². The molecule has 3 heterocycles. The van der Waals surface area contributed by atoms with Crippen LogP contribution in [0.15, 0.2) is 23.6 Å². The Morgan fingerprint density at radius 3 is 2.31 bits per heavy atom. The van der Waals surface area contributed by atoms with Gasteiger partial charge in [0.2, 0.25) is 0 Å². The van der Waals surface area contributed by atoms with Gasteiger partial charge in [-0.3, -0.25) is 0 Å². The highest BCUT2D eigenvalue weighted by atomic mass is 32.2. The van der Waals surface area contributed by atoms with Crippen LogP contribution in [0.2, 0.25) is 0 Å². The van der Waals surface area contributed by atoms with Crippen LogP contribution in [0.25, 0.3) is 0 Å². The van der Waals surface area contributed by atoms with E-state index in [9.17, 15) is 8.42 Å². The Morgan fingerprint density at radius 1 is 1.10 bits per heavy atom. The minimum Gasteiger partial charge on any atom is -0.350 e. The van der Waals surface area contributed by atoms with E-state index in [4.69, 9.17) is 0 Å². The van der Waals surface area contributed by atoms with Crippen LogP contribution in [0, 0.1) is 6.92 Å². The van der Waals surface area contributed by atoms with Gasteiger partial charge in [0, 0.05) is 56.1 Å². The summed E-state index contributed by atoms with van der Waals surface area (Å²) in [6.07, 6.45) is 7.19. The first-order valence-electron chi connectivity index (χ1n) is 10.4. The fourth-order valence-corrected chi connectivity index (χ4v) is 5.67. The van der Waals surface area contributed by atoms with Crippen LogP contribution in [0.5, 0.6) is 0 Å². The minimum absolute atomic E-state index is 0.160. The monoisotopic (exact) mass is 418 g/mol. The molecule has 158 valence electrons. The van der Waals surface area contributed by atoms with Gasteiger partial charge in [-0.2, -0.15) is 4.31 Å². The van der Waals surface area contributed by atoms with E-state index in [0.717, 1.165) is 30.2 Å². The van der Waals surface area contributed by atoms with Crippen molar-refractivity contribution in [2.75, 3.05) is 18.0 Å². The molecule has 1 saturated heterocycles. The van der Waals surface area contributed by atoms with Gasteiger partial charge in [-0.05, 0) is 32.6 Å². The quantitative estimate of drug-likeness (QED) is 0.717. The van der Waals surface area contributed by atoms with Gasteiger partial charge in [0.15, 0.2) is 5.03 Å². The SMILES string of the molecule is Cc1cc(N(C2CC2)C2CCN(S(=O)(=O)c3cn(C)c(C(C)C)n3)CC2)ncn1. The van der Waals surface area contributed by atoms with Crippen molar-refractivity contribution in [2.24, 2.45) is 7.05 Å². The maximum atomic E-state index is 13.1. The highest BCUT2D eigenvalue weighted by Gasteiger charge is 2.39. The van der Waals surface area contributed by atoms with E-state index in [1.165, 1.54) is 12.8 Å². The number of nitrogens with zero attached hydrogens (tertiary/aromatic N) is 6. The number of aromatic nitrogens is 4. The topological polar surface area (TPSA) is 84.2 Å². The van der Waals surface area contributed by atoms with Gasteiger partial charge in [0.05, 0.1) is 0 Å². The molecule has 1 saturated carbocycles. The molecule has 29 heavy (non-hydrogen) atoms. The summed E-state index contributed by atoms with van der Waals surface area (Å²) in [5, 5.41) is 0.160. The second kappa shape index (κ2) is 7.68. The van der Waals surface area contributed by atoms with Crippen LogP contribution in [0.1, 0.15) is 57.0 Å². The van der Waals surface area contributed by atoms with Crippen LogP contribution >= 0.6 is 0 Å². The highest BCUT2D eigenvalue weighted by molar-refractivity contribution is 7.89. The second-order valence-corrected chi connectivity index (χ2v) is 10.4. The zero-order valence-electron chi connectivity index (χ0n) is 17.6. The van der Waals surface area contributed by atoms with Crippen LogP contribution < -0.4 is 4.90 Å². The molecule has 9 heteroatoms. The standard InChI is InChI=1S/C20H30N6O2S/c1-14(2)20-23-19(12-24(20)4)29(27,28)25-9-7-17(8-10-25)26(16-5-6-16)18-11-15(3)21-13-22-18/h11-14,16-17H,5-10H2,1-4H3. The summed E-state index contributed by atoms with van der Waals surface area (Å²) in [6.45, 7) is 7.03. The molecule has 2 aliphatic rings. The zero-order valence-corrected chi connectivity index (χ0v) is 18.4. The average Bonchev–Trinajstić information content (AvgIpc) is 3.42. The molecule has 2 fully saturated rings. The first-order chi connectivity index (χ1) is 13.8. The summed E-state index contributed by atoms with van der Waals surface area (Å²) in [6, 6.07) is 2.85. The number of rotatable bonds is 6. The molecule has 0 aromatic carbocycles. The molecular weight excluding hydrogens is 388 g/mol. The van der Waals surface area contributed by atoms with E-state index in [2.05, 4.69) is 19.9 Å². The van der Waals surface area contributed by atoms with E-state index < -0.39 is 10.0 Å². The van der Waals surface area contributed by atoms with E-state index in [0.29, 0.717) is 25.2 Å². The maximum Gasteiger partial charge on any atom is 0.262 e. The third-order valence-electron chi connectivity index (χ3n) is 5.82. The Balaban J connectivity index is 1.49. The number of hydrogen-bond acceptors (Lipinski definition) is 6. The Morgan fingerprint density at radius 2 is 1.76 bits per heavy atom. The fourth-order valence-electron chi connectivity index (χ4n) is 4.21. The lowest BCUT2D eigenvalue weighted by molar-refractivity contribution is 0.307. The summed E-state index contributed by atoms with van der Waals surface area (Å²) < 4.78 is 29.7. The normalized spacial score (nSPS) is 19.1. The van der Waals surface area contributed by atoms with Crippen molar-refractivity contribution in [3.63, 3.8) is 0 Å². The molecule has 1 aliphatic carbocycles. The molecule has 4 rings (SSSR count). The van der Waals surface area contributed by atoms with Crippen LogP contribution in [0.3, 0.4) is 0 Å². The molecule has 0 radical (unpaired) electrons. The molecular formula is C20H30N6O2S. The molecule has 0 atom stereocenters. The van der Waals surface area contributed by atoms with Gasteiger partial charge in [-0.25, -0.2) is 23.4 Å². The molecule has 0 spiro atoms. The molecule has 0 bridgehead atoms. The minimum atomic E-state index is -3.57. The summed E-state index contributed by atoms with van der Waals surface area (Å²) in [7, 11) is -1.71. The average molecular weight is 419 g/mol. The summed E-state index contributed by atoms with van der Waals surface area (Å²) in [5.74, 6) is 1.93. The van der Waals surface area contributed by atoms with Crippen molar-refractivity contribution in [2.45, 2.75) is 69.5 Å². The van der Waals surface area contributed by atoms with E-state index in [-0.39, 0.29) is 10.9 Å². The van der Waals surface area contributed by atoms with E-state index in [1.807, 2.05) is 38.5 Å². The van der Waals surface area contributed by atoms with Crippen molar-refractivity contribution >= 4 is 15.8 Å². The molecule has 1 aliphatic heterocycles. The third-order valence-corrected chi connectivity index (χ3v) is 7.59. The number of aryl methyl sites for hydroxylation is 2. The van der Waals surface area contributed by atoms with E-state index >= 15 is 0 Å². The maximum absolute atomic E-state index is 13.1. The number of hydrogen-bond donors (Lipinski definition) is 0. The lowest BCUT2D eigenvalue weighted by Gasteiger charge is -2.38. The highest BCUT2D eigenvalue weighted by Crippen LogP contribution is 2.36. The molecule has 0 N–H and O–H groups in total. The smallest absolute Gasteiger partial charge is 0.262 e. The molecule has 2 aromatic rings. The third kappa shape index (κ3) is 4.02. The van der Waals surface area contributed by atoms with Crippen molar-refractivity contribution in [1.29, 1.82) is 0 Å². The van der Waals surface area contributed by atoms with Gasteiger partial charge in [0.1, 0.15) is 18.0 Å². The van der Waals surface area contributed by atoms with E-state index in [1.54, 1.807) is 16.8 Å². The zero-order chi connectivity index (χ0) is 20.8. The molecule has 0 unspecified atom stereocenters. The summed E-state index contributed by atoms with van der Waals surface area (Å²) in [4.78, 5) is 15.5. The van der Waals surface area contributed by atoms with Gasteiger partial charge in [-0.1, -0.05) is 13.8 Å². The predicted octanol–water partition coefficient (Wildman–Crippen LogP) is 2.46. The predicted molar refractivity (Wildman–Crippen MR) is 111 cm³/mol. The Labute approximate surface area is 173 Å². The lowest BCUT2D eigenvalue weighted by atomic mass is 10.0. The molecule has 2 aromatic heterocycles. The van der Waals surface area contributed by atoms with Gasteiger partial charge in [0.25, 0.3) is 10.0 Å². The Hall–Kier alpha value is -2.00. The van der Waals surface area contributed by atoms with Crippen molar-refractivity contribution in [3.05, 3.63) is 30.1 Å². The lowest BCUT2D eigenvalue weighted by Crippen LogP contribution is -2.48. The largest absolute Gasteiger partial charge is 0.350 e. The van der Waals surface area contributed by atoms with Crippen LogP contribution in [-0.2, 0) is 17.1 Å². The first-order valence-corrected chi connectivity index (χ1v) is 11.8. The first kappa shape index (κ1) is 20.3. The number of piperidine rings is 1. The van der Waals surface area contributed by atoms with Crippen molar-refractivity contribution in [1.82, 2.24) is 23.8 Å². The Kier molecular flexibility index (Phi) is 5.37. The number of sulfonamides is 1. The van der Waals surface area contributed by atoms with Crippen LogP contribution in [0.4, 0.5) is 5.82 Å². The fraction of sp³-hybridized carbons (Fsp3) is 0.650. The summed E-state index contributed by atoms with van der Waals surface area (Å²) in [5.41, 5.74) is 0.955. The Bertz CT molecular complexity index is 975. The molecule has 0 amide bonds.